The maximum absolute atomic E-state index is 13.3. The highest BCUT2D eigenvalue weighted by molar-refractivity contribution is 7.99. The highest BCUT2D eigenvalue weighted by atomic mass is 32.2. The average molecular weight is 523 g/mol. The first kappa shape index (κ1) is 27.0. The fourth-order valence-electron chi connectivity index (χ4n) is 4.82. The van der Waals surface area contributed by atoms with Crippen molar-refractivity contribution >= 4 is 18.0 Å². The van der Waals surface area contributed by atoms with E-state index in [1.54, 1.807) is 23.8 Å². The molecule has 2 N–H and O–H groups in total. The van der Waals surface area contributed by atoms with E-state index in [0.29, 0.717) is 28.8 Å². The maximum atomic E-state index is 13.3. The van der Waals surface area contributed by atoms with Gasteiger partial charge in [0.05, 0.1) is 0 Å². The number of alkyl halides is 2. The number of aromatic nitrogens is 3. The predicted octanol–water partition coefficient (Wildman–Crippen LogP) is 6.46. The van der Waals surface area contributed by atoms with Gasteiger partial charge < -0.3 is 5.11 Å². The van der Waals surface area contributed by atoms with Crippen LogP contribution in [0.5, 0.6) is 0 Å². The van der Waals surface area contributed by atoms with Crippen molar-refractivity contribution in [3.63, 3.8) is 0 Å². The number of nitrogens with one attached hydrogen (secondary N) is 1. The van der Waals surface area contributed by atoms with Gasteiger partial charge in [-0.15, -0.1) is 10.2 Å². The van der Waals surface area contributed by atoms with E-state index in [9.17, 15) is 13.9 Å². The molecule has 3 atom stereocenters. The Bertz CT molecular complexity index is 1280. The molecule has 2 bridgehead atoms. The predicted molar refractivity (Wildman–Crippen MR) is 147 cm³/mol. The van der Waals surface area contributed by atoms with E-state index >= 15 is 0 Å². The molecular weight excluding hydrogens is 490 g/mol. The van der Waals surface area contributed by atoms with Crippen molar-refractivity contribution in [2.75, 3.05) is 5.75 Å². The van der Waals surface area contributed by atoms with E-state index < -0.39 is 18.7 Å². The Morgan fingerprint density at radius 2 is 2.14 bits per heavy atom. The molecule has 3 aliphatic carbocycles. The number of hydrogen-bond acceptors (Lipinski definition) is 5. The third-order valence-electron chi connectivity index (χ3n) is 6.77. The van der Waals surface area contributed by atoms with Crippen LogP contribution in [0.4, 0.5) is 8.78 Å². The summed E-state index contributed by atoms with van der Waals surface area (Å²) in [6.45, 7) is 11.6. The van der Waals surface area contributed by atoms with Gasteiger partial charge in [-0.05, 0) is 60.5 Å². The van der Waals surface area contributed by atoms with Crippen molar-refractivity contribution in [3.8, 4) is 0 Å². The maximum Gasteiger partial charge on any atom is 0.263 e. The van der Waals surface area contributed by atoms with Crippen LogP contribution in [0.1, 0.15) is 38.7 Å². The number of hydrogen-bond donors (Lipinski definition) is 2. The van der Waals surface area contributed by atoms with Crippen LogP contribution in [-0.4, -0.2) is 38.1 Å². The van der Waals surface area contributed by atoms with Crippen LogP contribution >= 0.6 is 11.8 Å². The molecule has 3 aliphatic rings. The van der Waals surface area contributed by atoms with Gasteiger partial charge in [0.2, 0.25) is 0 Å². The third kappa shape index (κ3) is 5.76. The molecule has 0 fully saturated rings. The van der Waals surface area contributed by atoms with Gasteiger partial charge in [-0.2, -0.15) is 0 Å². The van der Waals surface area contributed by atoms with Gasteiger partial charge in [0.15, 0.2) is 17.2 Å². The summed E-state index contributed by atoms with van der Waals surface area (Å²) in [5.41, 5.74) is 5.24. The second kappa shape index (κ2) is 12.0. The molecule has 0 saturated heterocycles. The largest absolute Gasteiger partial charge is 0.371 e. The Labute approximate surface area is 221 Å². The van der Waals surface area contributed by atoms with Gasteiger partial charge in [0.1, 0.15) is 0 Å². The summed E-state index contributed by atoms with van der Waals surface area (Å²) in [5.74, 6) is 1.23. The minimum atomic E-state index is -2.56. The Morgan fingerprint density at radius 3 is 2.84 bits per heavy atom. The van der Waals surface area contributed by atoms with Gasteiger partial charge in [0.25, 0.3) is 6.43 Å². The van der Waals surface area contributed by atoms with Crippen LogP contribution < -0.4 is 5.32 Å². The highest BCUT2D eigenvalue weighted by Crippen LogP contribution is 2.38. The van der Waals surface area contributed by atoms with Gasteiger partial charge in [-0.25, -0.2) is 8.78 Å². The zero-order valence-electron chi connectivity index (χ0n) is 21.1. The zero-order valence-corrected chi connectivity index (χ0v) is 21.9. The van der Waals surface area contributed by atoms with E-state index in [1.807, 2.05) is 19.1 Å². The molecule has 8 heteroatoms. The number of rotatable bonds is 10. The molecule has 3 unspecified atom stereocenters. The smallest absolute Gasteiger partial charge is 0.263 e. The molecule has 37 heavy (non-hydrogen) atoms. The number of aliphatic hydroxyl groups excluding tert-OH is 1. The number of aliphatic hydroxyl groups is 1. The lowest BCUT2D eigenvalue weighted by Crippen LogP contribution is -2.36. The van der Waals surface area contributed by atoms with Crippen molar-refractivity contribution in [2.24, 2.45) is 5.92 Å². The molecule has 0 radical (unpaired) electrons. The van der Waals surface area contributed by atoms with Gasteiger partial charge in [0, 0.05) is 23.6 Å². The first-order chi connectivity index (χ1) is 17.9. The quantitative estimate of drug-likeness (QED) is 0.273. The molecule has 0 saturated carbocycles. The summed E-state index contributed by atoms with van der Waals surface area (Å²) < 4.78 is 28.3. The Hall–Kier alpha value is -3.07. The molecule has 194 valence electrons. The lowest BCUT2D eigenvalue weighted by atomic mass is 9.82. The van der Waals surface area contributed by atoms with Crippen LogP contribution in [0.15, 0.2) is 106 Å². The highest BCUT2D eigenvalue weighted by Gasteiger charge is 2.27. The molecular formula is C29H32F2N4OS. The van der Waals surface area contributed by atoms with Crippen LogP contribution in [-0.2, 0) is 0 Å². The van der Waals surface area contributed by atoms with Gasteiger partial charge in [-0.1, -0.05) is 79.6 Å². The van der Waals surface area contributed by atoms with Crippen LogP contribution in [0.25, 0.3) is 6.20 Å². The molecule has 1 aromatic rings. The summed E-state index contributed by atoms with van der Waals surface area (Å²) in [6, 6.07) is -0.430. The van der Waals surface area contributed by atoms with Crippen LogP contribution in [0.3, 0.4) is 0 Å². The minimum Gasteiger partial charge on any atom is -0.371 e. The summed E-state index contributed by atoms with van der Waals surface area (Å²) in [5, 5.41) is 23.0. The first-order valence-electron chi connectivity index (χ1n) is 12.3. The second-order valence-electron chi connectivity index (χ2n) is 9.05. The summed E-state index contributed by atoms with van der Waals surface area (Å²) in [6.07, 6.45) is 17.2. The molecule has 4 rings (SSSR count). The summed E-state index contributed by atoms with van der Waals surface area (Å²) in [4.78, 5) is 0. The standard InChI is InChI=1S/C29H32F2N4OS/c1-5-10-23-20(6-2)15-19-11-8-12-21(24(23)16-19)17-37-29-34-33-27(35(29)7-3)28(36)32-25-14-9-13-22(18(25)4)26(30)31/h5-13,16,19,25-26,28,32,36H,2-3,14-15,17H2,1,4H3/b10-5-. The van der Waals surface area contributed by atoms with Gasteiger partial charge in [-0.3, -0.25) is 9.88 Å². The second-order valence-corrected chi connectivity index (χ2v) is 9.99. The number of fused-ring (bicyclic) bond motifs is 1. The Morgan fingerprint density at radius 1 is 1.32 bits per heavy atom. The number of halogens is 2. The average Bonchev–Trinajstić information content (AvgIpc) is 3.22. The van der Waals surface area contributed by atoms with E-state index in [-0.39, 0.29) is 11.4 Å². The monoisotopic (exact) mass is 522 g/mol. The Balaban J connectivity index is 1.52. The molecule has 0 aromatic carbocycles. The summed E-state index contributed by atoms with van der Waals surface area (Å²) >= 11 is 1.49. The van der Waals surface area contributed by atoms with E-state index in [0.717, 1.165) is 12.0 Å². The molecule has 0 spiro atoms. The van der Waals surface area contributed by atoms with E-state index in [2.05, 4.69) is 59.1 Å². The number of nitrogens with zero attached hydrogens (tertiary/aromatic N) is 3. The Kier molecular flexibility index (Phi) is 8.74. The fourth-order valence-corrected chi connectivity index (χ4v) is 5.76. The SMILES string of the molecule is C=CC1=C(/C=C\C)C2=CC(C=CC=C2CSc2nnc(C(O)NC3CC=CC(C(F)F)=C3C)n2C=C)C1. The molecule has 1 aromatic heterocycles. The molecule has 0 aliphatic heterocycles. The number of allylic oxidation sites excluding steroid dienone is 12. The van der Waals surface area contributed by atoms with Crippen LogP contribution in [0, 0.1) is 5.92 Å². The summed E-state index contributed by atoms with van der Waals surface area (Å²) in [7, 11) is 0. The van der Waals surface area contributed by atoms with E-state index in [4.69, 9.17) is 0 Å². The topological polar surface area (TPSA) is 63.0 Å². The van der Waals surface area contributed by atoms with E-state index in [1.165, 1.54) is 34.6 Å². The lowest BCUT2D eigenvalue weighted by Gasteiger charge is -2.26. The lowest BCUT2D eigenvalue weighted by molar-refractivity contribution is 0.116. The molecule has 0 amide bonds. The van der Waals surface area contributed by atoms with Crippen molar-refractivity contribution in [1.29, 1.82) is 0 Å². The third-order valence-corrected chi connectivity index (χ3v) is 7.76. The normalized spacial score (nSPS) is 22.4. The van der Waals surface area contributed by atoms with Crippen molar-refractivity contribution in [2.45, 2.75) is 50.5 Å². The number of thioether (sulfide) groups is 1. The molecule has 5 nitrogen and oxygen atoms in total. The van der Waals surface area contributed by atoms with Crippen molar-refractivity contribution < 1.29 is 13.9 Å². The fraction of sp³-hybridized carbons (Fsp3) is 0.310. The molecule has 1 heterocycles. The van der Waals surface area contributed by atoms with Gasteiger partial charge >= 0.3 is 0 Å². The first-order valence-corrected chi connectivity index (χ1v) is 13.2. The van der Waals surface area contributed by atoms with Crippen LogP contribution in [0.2, 0.25) is 0 Å². The zero-order chi connectivity index (χ0) is 26.5. The minimum absolute atomic E-state index is 0.0201. The van der Waals surface area contributed by atoms with Crippen molar-refractivity contribution in [3.05, 3.63) is 107 Å². The van der Waals surface area contributed by atoms with Crippen molar-refractivity contribution in [1.82, 2.24) is 20.1 Å².